The molecule has 0 saturated heterocycles. The van der Waals surface area contributed by atoms with Crippen LogP contribution in [0.5, 0.6) is 0 Å². The molecule has 3 heterocycles. The number of amides is 1. The molecule has 0 radical (unpaired) electrons. The number of nitrogens with one attached hydrogen (secondary N) is 2. The van der Waals surface area contributed by atoms with Gasteiger partial charge >= 0.3 is 0 Å². The topological polar surface area (TPSA) is 124 Å². The third-order valence-corrected chi connectivity index (χ3v) is 5.24. The Morgan fingerprint density at radius 2 is 2.12 bits per heavy atom. The van der Waals surface area contributed by atoms with Gasteiger partial charge in [-0.2, -0.15) is 10.2 Å². The average molecular weight is 378 g/mol. The number of sulfonamides is 1. The van der Waals surface area contributed by atoms with Gasteiger partial charge in [0.25, 0.3) is 15.9 Å². The maximum absolute atomic E-state index is 12.6. The number of anilines is 1. The highest BCUT2D eigenvalue weighted by Gasteiger charge is 2.24. The Kier molecular flexibility index (Phi) is 4.55. The summed E-state index contributed by atoms with van der Waals surface area (Å²) >= 11 is 0. The molecule has 138 valence electrons. The van der Waals surface area contributed by atoms with E-state index in [2.05, 4.69) is 20.2 Å². The number of carbonyl (C=O) groups is 1. The zero-order valence-electron chi connectivity index (χ0n) is 14.4. The van der Waals surface area contributed by atoms with Crippen LogP contribution >= 0.6 is 0 Å². The Morgan fingerprint density at radius 1 is 1.35 bits per heavy atom. The number of carbonyl (C=O) groups excluding carboxylic acids is 1. The summed E-state index contributed by atoms with van der Waals surface area (Å²) in [7, 11) is -0.671. The molecule has 2 N–H and O–H groups in total. The van der Waals surface area contributed by atoms with Crippen molar-refractivity contribution in [2.75, 3.05) is 4.72 Å². The van der Waals surface area contributed by atoms with Crippen LogP contribution in [0.4, 0.5) is 5.69 Å². The highest BCUT2D eigenvalue weighted by atomic mass is 32.2. The molecule has 1 amide bonds. The molecule has 11 heteroatoms. The van der Waals surface area contributed by atoms with Gasteiger partial charge in [-0.1, -0.05) is 0 Å². The van der Waals surface area contributed by atoms with Crippen molar-refractivity contribution in [3.8, 4) is 0 Å². The quantitative estimate of drug-likeness (QED) is 0.653. The maximum Gasteiger partial charge on any atom is 0.274 e. The smallest absolute Gasteiger partial charge is 0.274 e. The normalized spacial score (nSPS) is 11.5. The molecule has 3 aromatic rings. The lowest BCUT2D eigenvalue weighted by atomic mass is 10.3. The van der Waals surface area contributed by atoms with Gasteiger partial charge in [-0.25, -0.2) is 8.42 Å². The van der Waals surface area contributed by atoms with Crippen LogP contribution in [0.25, 0.3) is 0 Å². The number of aryl methyl sites for hydroxylation is 2. The molecule has 0 unspecified atom stereocenters. The third-order valence-electron chi connectivity index (χ3n) is 3.77. The van der Waals surface area contributed by atoms with Gasteiger partial charge in [0.15, 0.2) is 5.69 Å². The van der Waals surface area contributed by atoms with E-state index in [1.165, 1.54) is 28.0 Å². The molecule has 0 aromatic carbocycles. The predicted octanol–water partition coefficient (Wildman–Crippen LogP) is 0.786. The van der Waals surface area contributed by atoms with Gasteiger partial charge in [0, 0.05) is 20.3 Å². The van der Waals surface area contributed by atoms with Crippen molar-refractivity contribution in [2.45, 2.75) is 18.4 Å². The summed E-state index contributed by atoms with van der Waals surface area (Å²) < 4.78 is 35.6. The Bertz CT molecular complexity index is 1030. The molecule has 0 fully saturated rings. The number of rotatable bonds is 6. The molecular formula is C15H18N6O4S. The molecule has 0 saturated carbocycles. The van der Waals surface area contributed by atoms with Crippen LogP contribution < -0.4 is 10.0 Å². The molecule has 0 aliphatic carbocycles. The summed E-state index contributed by atoms with van der Waals surface area (Å²) in [6.07, 6.45) is 4.17. The summed E-state index contributed by atoms with van der Waals surface area (Å²) in [5, 5.41) is 10.6. The van der Waals surface area contributed by atoms with Crippen LogP contribution in [-0.4, -0.2) is 33.9 Å². The monoisotopic (exact) mass is 378 g/mol. The maximum atomic E-state index is 12.6. The Labute approximate surface area is 149 Å². The SMILES string of the molecule is Cc1c(S(=O)(=O)Nc2cn(C)nc2C(=O)NCc2ccco2)cnn1C. The molecule has 10 nitrogen and oxygen atoms in total. The molecule has 3 rings (SSSR count). The van der Waals surface area contributed by atoms with Crippen LogP contribution in [0.3, 0.4) is 0 Å². The summed E-state index contributed by atoms with van der Waals surface area (Å²) in [5.74, 6) is 0.0463. The number of hydrogen-bond acceptors (Lipinski definition) is 6. The molecule has 0 spiro atoms. The van der Waals surface area contributed by atoms with E-state index >= 15 is 0 Å². The van der Waals surface area contributed by atoms with Crippen LogP contribution in [-0.2, 0) is 30.7 Å². The molecule has 0 atom stereocenters. The van der Waals surface area contributed by atoms with Gasteiger partial charge in [-0.15, -0.1) is 0 Å². The van der Waals surface area contributed by atoms with E-state index in [1.807, 2.05) is 0 Å². The Hall–Kier alpha value is -3.08. The fraction of sp³-hybridized carbons (Fsp3) is 0.267. The zero-order chi connectivity index (χ0) is 18.9. The molecule has 0 aliphatic heterocycles. The van der Waals surface area contributed by atoms with Crippen molar-refractivity contribution < 1.29 is 17.6 Å². The van der Waals surface area contributed by atoms with Crippen molar-refractivity contribution in [1.29, 1.82) is 0 Å². The van der Waals surface area contributed by atoms with Crippen LogP contribution in [0.2, 0.25) is 0 Å². The Morgan fingerprint density at radius 3 is 2.73 bits per heavy atom. The number of nitrogens with zero attached hydrogens (tertiary/aromatic N) is 4. The highest BCUT2D eigenvalue weighted by molar-refractivity contribution is 7.92. The minimum Gasteiger partial charge on any atom is -0.467 e. The van der Waals surface area contributed by atoms with E-state index in [1.54, 1.807) is 33.2 Å². The first-order chi connectivity index (χ1) is 12.3. The summed E-state index contributed by atoms with van der Waals surface area (Å²) in [6, 6.07) is 3.42. The lowest BCUT2D eigenvalue weighted by molar-refractivity contribution is 0.0943. The van der Waals surface area contributed by atoms with E-state index in [-0.39, 0.29) is 22.8 Å². The van der Waals surface area contributed by atoms with Crippen molar-refractivity contribution in [1.82, 2.24) is 24.9 Å². The minimum absolute atomic E-state index is 0.0331. The second-order valence-corrected chi connectivity index (χ2v) is 7.30. The number of furan rings is 1. The van der Waals surface area contributed by atoms with E-state index in [9.17, 15) is 13.2 Å². The first kappa shape index (κ1) is 17.7. The first-order valence-corrected chi connectivity index (χ1v) is 9.12. The van der Waals surface area contributed by atoms with Crippen molar-refractivity contribution in [3.63, 3.8) is 0 Å². The second-order valence-electron chi connectivity index (χ2n) is 5.65. The molecule has 3 aromatic heterocycles. The van der Waals surface area contributed by atoms with E-state index < -0.39 is 15.9 Å². The summed E-state index contributed by atoms with van der Waals surface area (Å²) in [4.78, 5) is 12.4. The van der Waals surface area contributed by atoms with Crippen LogP contribution in [0.15, 0.2) is 40.1 Å². The van der Waals surface area contributed by atoms with Gasteiger partial charge < -0.3 is 9.73 Å². The van der Waals surface area contributed by atoms with E-state index in [0.717, 1.165) is 0 Å². The summed E-state index contributed by atoms with van der Waals surface area (Å²) in [6.45, 7) is 1.80. The largest absolute Gasteiger partial charge is 0.467 e. The van der Waals surface area contributed by atoms with Crippen LogP contribution in [0.1, 0.15) is 21.9 Å². The van der Waals surface area contributed by atoms with E-state index in [4.69, 9.17) is 4.42 Å². The van der Waals surface area contributed by atoms with Crippen LogP contribution in [0, 0.1) is 6.92 Å². The minimum atomic E-state index is -3.91. The van der Waals surface area contributed by atoms with Crippen molar-refractivity contribution >= 4 is 21.6 Å². The molecule has 0 aliphatic rings. The number of aromatic nitrogens is 4. The number of hydrogen-bond donors (Lipinski definition) is 2. The van der Waals surface area contributed by atoms with Crippen molar-refractivity contribution in [3.05, 3.63) is 47.9 Å². The third kappa shape index (κ3) is 3.47. The Balaban J connectivity index is 1.82. The van der Waals surface area contributed by atoms with Gasteiger partial charge in [0.05, 0.1) is 30.4 Å². The van der Waals surface area contributed by atoms with Gasteiger partial charge in [-0.05, 0) is 19.1 Å². The standard InChI is InChI=1S/C15H18N6O4S/c1-10-13(8-17-21(10)3)26(23,24)19-12-9-20(2)18-14(12)15(22)16-7-11-5-4-6-25-11/h4-6,8-9,19H,7H2,1-3H3,(H,16,22). The fourth-order valence-corrected chi connectivity index (χ4v) is 3.59. The summed E-state index contributed by atoms with van der Waals surface area (Å²) in [5.41, 5.74) is 0.516. The first-order valence-electron chi connectivity index (χ1n) is 7.63. The molecule has 0 bridgehead atoms. The predicted molar refractivity (Wildman–Crippen MR) is 91.8 cm³/mol. The lowest BCUT2D eigenvalue weighted by Gasteiger charge is -2.07. The molecule has 26 heavy (non-hydrogen) atoms. The van der Waals surface area contributed by atoms with Gasteiger partial charge in [0.1, 0.15) is 10.7 Å². The van der Waals surface area contributed by atoms with Crippen molar-refractivity contribution in [2.24, 2.45) is 14.1 Å². The highest BCUT2D eigenvalue weighted by Crippen LogP contribution is 2.21. The second kappa shape index (κ2) is 6.67. The zero-order valence-corrected chi connectivity index (χ0v) is 15.2. The average Bonchev–Trinajstić information content (AvgIpc) is 3.28. The van der Waals surface area contributed by atoms with Gasteiger partial charge in [-0.3, -0.25) is 18.9 Å². The van der Waals surface area contributed by atoms with E-state index in [0.29, 0.717) is 11.5 Å². The van der Waals surface area contributed by atoms with Gasteiger partial charge in [0.2, 0.25) is 0 Å². The molecular weight excluding hydrogens is 360 g/mol. The fourth-order valence-electron chi connectivity index (χ4n) is 2.34. The lowest BCUT2D eigenvalue weighted by Crippen LogP contribution is -2.25.